The van der Waals surface area contributed by atoms with Crippen molar-refractivity contribution in [3.63, 3.8) is 0 Å². The van der Waals surface area contributed by atoms with Crippen LogP contribution in [0.3, 0.4) is 0 Å². The van der Waals surface area contributed by atoms with Crippen molar-refractivity contribution in [1.82, 2.24) is 10.6 Å². The van der Waals surface area contributed by atoms with Crippen molar-refractivity contribution in [2.75, 3.05) is 13.2 Å². The van der Waals surface area contributed by atoms with Crippen molar-refractivity contribution in [2.24, 2.45) is 0 Å². The van der Waals surface area contributed by atoms with Gasteiger partial charge in [-0.25, -0.2) is 0 Å². The monoisotopic (exact) mass is 264 g/mol. The standard InChI is InChI=1S/C14H20N2O3/c1-3-12(9-17)16-13(18)8-15-14(19)11-6-4-5-10(2)7-11/h4-7,12,17H,3,8-9H2,1-2H3,(H,15,19)(H,16,18). The van der Waals surface area contributed by atoms with Crippen molar-refractivity contribution >= 4 is 11.8 Å². The Morgan fingerprint density at radius 2 is 2.11 bits per heavy atom. The van der Waals surface area contributed by atoms with Gasteiger partial charge in [0.05, 0.1) is 19.2 Å². The van der Waals surface area contributed by atoms with Crippen molar-refractivity contribution < 1.29 is 14.7 Å². The lowest BCUT2D eigenvalue weighted by Crippen LogP contribution is -2.43. The molecule has 104 valence electrons. The molecule has 0 heterocycles. The number of benzene rings is 1. The molecule has 5 heteroatoms. The second-order valence-electron chi connectivity index (χ2n) is 4.41. The summed E-state index contributed by atoms with van der Waals surface area (Å²) in [6.07, 6.45) is 0.647. The van der Waals surface area contributed by atoms with Gasteiger partial charge in [0, 0.05) is 5.56 Å². The van der Waals surface area contributed by atoms with E-state index in [-0.39, 0.29) is 31.0 Å². The van der Waals surface area contributed by atoms with E-state index in [2.05, 4.69) is 10.6 Å². The molecule has 1 rings (SSSR count). The van der Waals surface area contributed by atoms with Crippen molar-refractivity contribution in [3.8, 4) is 0 Å². The summed E-state index contributed by atoms with van der Waals surface area (Å²) >= 11 is 0. The minimum atomic E-state index is -0.304. The van der Waals surface area contributed by atoms with Gasteiger partial charge >= 0.3 is 0 Å². The number of amides is 2. The highest BCUT2D eigenvalue weighted by Gasteiger charge is 2.11. The molecule has 19 heavy (non-hydrogen) atoms. The van der Waals surface area contributed by atoms with Crippen LogP contribution in [0.25, 0.3) is 0 Å². The molecule has 0 aliphatic carbocycles. The van der Waals surface area contributed by atoms with Gasteiger partial charge in [0.25, 0.3) is 5.91 Å². The fourth-order valence-corrected chi connectivity index (χ4v) is 1.60. The molecule has 1 aromatic carbocycles. The predicted molar refractivity (Wildman–Crippen MR) is 72.8 cm³/mol. The van der Waals surface area contributed by atoms with E-state index in [0.717, 1.165) is 5.56 Å². The van der Waals surface area contributed by atoms with E-state index in [4.69, 9.17) is 5.11 Å². The van der Waals surface area contributed by atoms with Gasteiger partial charge in [-0.2, -0.15) is 0 Å². The van der Waals surface area contributed by atoms with E-state index in [9.17, 15) is 9.59 Å². The summed E-state index contributed by atoms with van der Waals surface area (Å²) in [5.41, 5.74) is 1.52. The summed E-state index contributed by atoms with van der Waals surface area (Å²) in [7, 11) is 0. The van der Waals surface area contributed by atoms with Gasteiger partial charge in [-0.05, 0) is 25.5 Å². The van der Waals surface area contributed by atoms with E-state index < -0.39 is 0 Å². The summed E-state index contributed by atoms with van der Waals surface area (Å²) in [6.45, 7) is 3.57. The Kier molecular flexibility index (Phi) is 6.02. The third-order valence-corrected chi connectivity index (χ3v) is 2.77. The van der Waals surface area contributed by atoms with Gasteiger partial charge in [0.1, 0.15) is 0 Å². The third-order valence-electron chi connectivity index (χ3n) is 2.77. The molecule has 1 unspecified atom stereocenters. The minimum absolute atomic E-state index is 0.0940. The highest BCUT2D eigenvalue weighted by Crippen LogP contribution is 2.03. The molecule has 1 aromatic rings. The van der Waals surface area contributed by atoms with Crippen molar-refractivity contribution in [2.45, 2.75) is 26.3 Å². The molecular weight excluding hydrogens is 244 g/mol. The average Bonchev–Trinajstić information content (AvgIpc) is 2.42. The Labute approximate surface area is 113 Å². The molecule has 2 amide bonds. The fourth-order valence-electron chi connectivity index (χ4n) is 1.60. The van der Waals surface area contributed by atoms with Crippen molar-refractivity contribution in [3.05, 3.63) is 35.4 Å². The molecule has 1 atom stereocenters. The van der Waals surface area contributed by atoms with Crippen LogP contribution < -0.4 is 10.6 Å². The van der Waals surface area contributed by atoms with E-state index in [1.807, 2.05) is 19.9 Å². The molecule has 0 aliphatic rings. The van der Waals surface area contributed by atoms with E-state index in [0.29, 0.717) is 12.0 Å². The molecular formula is C14H20N2O3. The largest absolute Gasteiger partial charge is 0.394 e. The van der Waals surface area contributed by atoms with Crippen LogP contribution >= 0.6 is 0 Å². The average molecular weight is 264 g/mol. The maximum Gasteiger partial charge on any atom is 0.251 e. The minimum Gasteiger partial charge on any atom is -0.394 e. The highest BCUT2D eigenvalue weighted by atomic mass is 16.3. The van der Waals surface area contributed by atoms with Gasteiger partial charge in [0.2, 0.25) is 5.91 Å². The molecule has 0 radical (unpaired) electrons. The number of rotatable bonds is 6. The summed E-state index contributed by atoms with van der Waals surface area (Å²) in [5, 5.41) is 14.1. The number of aliphatic hydroxyl groups is 1. The predicted octanol–water partition coefficient (Wildman–Crippen LogP) is 0.612. The first-order chi connectivity index (χ1) is 9.06. The number of hydrogen-bond donors (Lipinski definition) is 3. The molecule has 0 fully saturated rings. The SMILES string of the molecule is CCC(CO)NC(=O)CNC(=O)c1cccc(C)c1. The van der Waals surface area contributed by atoms with Crippen LogP contribution in [-0.2, 0) is 4.79 Å². The van der Waals surface area contributed by atoms with Crippen LogP contribution in [0, 0.1) is 6.92 Å². The maximum absolute atomic E-state index is 11.8. The maximum atomic E-state index is 11.8. The van der Waals surface area contributed by atoms with Gasteiger partial charge in [-0.1, -0.05) is 24.6 Å². The first-order valence-corrected chi connectivity index (χ1v) is 6.32. The van der Waals surface area contributed by atoms with Crippen LogP contribution in [0.5, 0.6) is 0 Å². The second kappa shape index (κ2) is 7.53. The van der Waals surface area contributed by atoms with Crippen LogP contribution in [0.1, 0.15) is 29.3 Å². The molecule has 3 N–H and O–H groups in total. The Balaban J connectivity index is 2.44. The fraction of sp³-hybridized carbons (Fsp3) is 0.429. The number of aliphatic hydroxyl groups excluding tert-OH is 1. The third kappa shape index (κ3) is 5.09. The lowest BCUT2D eigenvalue weighted by Gasteiger charge is -2.14. The zero-order chi connectivity index (χ0) is 14.3. The van der Waals surface area contributed by atoms with Crippen LogP contribution in [0.15, 0.2) is 24.3 Å². The highest BCUT2D eigenvalue weighted by molar-refractivity contribution is 5.96. The summed E-state index contributed by atoms with van der Waals surface area (Å²) < 4.78 is 0. The Bertz CT molecular complexity index is 442. The van der Waals surface area contributed by atoms with E-state index >= 15 is 0 Å². The summed E-state index contributed by atoms with van der Waals surface area (Å²) in [5.74, 6) is -0.585. The number of carbonyl (C=O) groups is 2. The second-order valence-corrected chi connectivity index (χ2v) is 4.41. The number of hydrogen-bond acceptors (Lipinski definition) is 3. The smallest absolute Gasteiger partial charge is 0.251 e. The molecule has 0 bridgehead atoms. The lowest BCUT2D eigenvalue weighted by atomic mass is 10.1. The van der Waals surface area contributed by atoms with Gasteiger partial charge < -0.3 is 15.7 Å². The van der Waals surface area contributed by atoms with Crippen LogP contribution in [0.2, 0.25) is 0 Å². The van der Waals surface area contributed by atoms with Crippen molar-refractivity contribution in [1.29, 1.82) is 0 Å². The Hall–Kier alpha value is -1.88. The van der Waals surface area contributed by atoms with E-state index in [1.54, 1.807) is 18.2 Å². The summed E-state index contributed by atoms with van der Waals surface area (Å²) in [4.78, 5) is 23.3. The van der Waals surface area contributed by atoms with Crippen LogP contribution in [-0.4, -0.2) is 36.1 Å². The Morgan fingerprint density at radius 1 is 1.37 bits per heavy atom. The zero-order valence-electron chi connectivity index (χ0n) is 11.3. The molecule has 0 aliphatic heterocycles. The van der Waals surface area contributed by atoms with Gasteiger partial charge in [0.15, 0.2) is 0 Å². The lowest BCUT2D eigenvalue weighted by molar-refractivity contribution is -0.121. The first-order valence-electron chi connectivity index (χ1n) is 6.32. The normalized spacial score (nSPS) is 11.7. The summed E-state index contributed by atoms with van der Waals surface area (Å²) in [6, 6.07) is 6.89. The van der Waals surface area contributed by atoms with E-state index in [1.165, 1.54) is 0 Å². The topological polar surface area (TPSA) is 78.4 Å². The number of nitrogens with one attached hydrogen (secondary N) is 2. The molecule has 5 nitrogen and oxygen atoms in total. The molecule has 0 spiro atoms. The molecule has 0 saturated heterocycles. The van der Waals surface area contributed by atoms with Gasteiger partial charge in [-0.3, -0.25) is 9.59 Å². The number of carbonyl (C=O) groups excluding carboxylic acids is 2. The first kappa shape index (κ1) is 15.2. The number of aryl methyl sites for hydroxylation is 1. The Morgan fingerprint density at radius 3 is 2.68 bits per heavy atom. The molecule has 0 saturated carbocycles. The molecule has 0 aromatic heterocycles. The quantitative estimate of drug-likeness (QED) is 0.704. The zero-order valence-corrected chi connectivity index (χ0v) is 11.3. The van der Waals surface area contributed by atoms with Crippen LogP contribution in [0.4, 0.5) is 0 Å². The van der Waals surface area contributed by atoms with Gasteiger partial charge in [-0.15, -0.1) is 0 Å².